The first-order chi connectivity index (χ1) is 18.5. The molecular weight excluding hydrogens is 478 g/mol. The summed E-state index contributed by atoms with van der Waals surface area (Å²) in [6.45, 7) is 21.6. The summed E-state index contributed by atoms with van der Waals surface area (Å²) in [5.41, 5.74) is 9.30. The zero-order valence-corrected chi connectivity index (χ0v) is 25.4. The number of benzene rings is 3. The van der Waals surface area contributed by atoms with E-state index in [-0.39, 0.29) is 0 Å². The zero-order valence-electron chi connectivity index (χ0n) is 25.4. The standard InChI is InChI=1S/C35H45N3O/c1-22(2)29-18-14-19-30(23(3)4)33(29)36-26(9)27(10)38-39-35(28-16-12-11-13-17-28)37-34-31(24(5)6)20-15-21-32(34)25(7)8/h11-25H,1-10H3/b36-26?,37-35?,38-27+. The van der Waals surface area contributed by atoms with Crippen LogP contribution in [0.3, 0.4) is 0 Å². The molecule has 39 heavy (non-hydrogen) atoms. The highest BCUT2D eigenvalue weighted by Gasteiger charge is 2.17. The second-order valence-electron chi connectivity index (χ2n) is 11.4. The molecule has 0 amide bonds. The number of rotatable bonds is 9. The van der Waals surface area contributed by atoms with E-state index in [1.807, 2.05) is 44.2 Å². The maximum absolute atomic E-state index is 6.13. The van der Waals surface area contributed by atoms with Crippen LogP contribution in [0.1, 0.15) is 121 Å². The van der Waals surface area contributed by atoms with Gasteiger partial charge in [0.15, 0.2) is 0 Å². The van der Waals surface area contributed by atoms with Crippen LogP contribution < -0.4 is 0 Å². The molecule has 0 saturated carbocycles. The highest BCUT2D eigenvalue weighted by molar-refractivity contribution is 6.41. The second kappa shape index (κ2) is 13.5. The molecule has 0 N–H and O–H groups in total. The van der Waals surface area contributed by atoms with Gasteiger partial charge in [-0.1, -0.05) is 115 Å². The smallest absolute Gasteiger partial charge is 0.256 e. The third-order valence-electron chi connectivity index (χ3n) is 6.99. The molecule has 3 aromatic carbocycles. The first-order valence-electron chi connectivity index (χ1n) is 14.2. The van der Waals surface area contributed by atoms with E-state index in [0.717, 1.165) is 22.6 Å². The first-order valence-corrected chi connectivity index (χ1v) is 14.2. The van der Waals surface area contributed by atoms with Gasteiger partial charge in [0.1, 0.15) is 0 Å². The lowest BCUT2D eigenvalue weighted by atomic mass is 9.93. The Morgan fingerprint density at radius 3 is 1.33 bits per heavy atom. The van der Waals surface area contributed by atoms with Gasteiger partial charge in [0.25, 0.3) is 5.90 Å². The predicted molar refractivity (Wildman–Crippen MR) is 169 cm³/mol. The van der Waals surface area contributed by atoms with Crippen molar-refractivity contribution in [2.45, 2.75) is 92.9 Å². The Balaban J connectivity index is 2.09. The molecule has 0 fully saturated rings. The highest BCUT2D eigenvalue weighted by atomic mass is 16.6. The Bertz CT molecular complexity index is 1290. The molecule has 0 saturated heterocycles. The number of oxime groups is 1. The number of nitrogens with zero attached hydrogens (tertiary/aromatic N) is 3. The molecule has 0 radical (unpaired) electrons. The van der Waals surface area contributed by atoms with Gasteiger partial charge in [-0.15, -0.1) is 0 Å². The Hall–Kier alpha value is -3.53. The lowest BCUT2D eigenvalue weighted by molar-refractivity contribution is 0.330. The fourth-order valence-corrected chi connectivity index (χ4v) is 4.53. The van der Waals surface area contributed by atoms with Crippen molar-refractivity contribution in [2.75, 3.05) is 0 Å². The van der Waals surface area contributed by atoms with Crippen LogP contribution in [0.4, 0.5) is 11.4 Å². The number of hydrogen-bond donors (Lipinski definition) is 0. The Labute approximate surface area is 236 Å². The van der Waals surface area contributed by atoms with Gasteiger partial charge in [-0.25, -0.2) is 4.99 Å². The van der Waals surface area contributed by atoms with Gasteiger partial charge in [-0.2, -0.15) is 0 Å². The molecule has 0 heterocycles. The third kappa shape index (κ3) is 7.53. The SMILES string of the molecule is CC(=Nc1c(C(C)C)cccc1C(C)C)/C(C)=N/OC(=Nc1c(C(C)C)cccc1C(C)C)c1ccccc1. The monoisotopic (exact) mass is 523 g/mol. The van der Waals surface area contributed by atoms with E-state index in [4.69, 9.17) is 14.8 Å². The van der Waals surface area contributed by atoms with Crippen LogP contribution in [-0.2, 0) is 4.84 Å². The van der Waals surface area contributed by atoms with Gasteiger partial charge in [-0.05, 0) is 71.9 Å². The molecule has 0 aliphatic carbocycles. The van der Waals surface area contributed by atoms with Crippen LogP contribution in [0, 0.1) is 0 Å². The molecule has 206 valence electrons. The van der Waals surface area contributed by atoms with Crippen molar-refractivity contribution in [3.05, 3.63) is 94.5 Å². The summed E-state index contributed by atoms with van der Waals surface area (Å²) in [5, 5.41) is 4.55. The molecule has 4 nitrogen and oxygen atoms in total. The molecule has 0 aromatic heterocycles. The second-order valence-corrected chi connectivity index (χ2v) is 11.4. The summed E-state index contributed by atoms with van der Waals surface area (Å²) in [5.74, 6) is 1.88. The summed E-state index contributed by atoms with van der Waals surface area (Å²) >= 11 is 0. The molecule has 0 bridgehead atoms. The molecule has 0 unspecified atom stereocenters. The average Bonchev–Trinajstić information content (AvgIpc) is 2.90. The molecule has 4 heteroatoms. The summed E-state index contributed by atoms with van der Waals surface area (Å²) in [4.78, 5) is 16.3. The van der Waals surface area contributed by atoms with Crippen LogP contribution in [-0.4, -0.2) is 17.3 Å². The van der Waals surface area contributed by atoms with E-state index in [0.29, 0.717) is 35.3 Å². The zero-order chi connectivity index (χ0) is 28.7. The summed E-state index contributed by atoms with van der Waals surface area (Å²) in [6.07, 6.45) is 0. The van der Waals surface area contributed by atoms with Gasteiger partial charge in [0, 0.05) is 5.56 Å². The van der Waals surface area contributed by atoms with Crippen molar-refractivity contribution in [3.8, 4) is 0 Å². The number of hydrogen-bond acceptors (Lipinski definition) is 4. The Morgan fingerprint density at radius 2 is 0.923 bits per heavy atom. The van der Waals surface area contributed by atoms with E-state index in [1.54, 1.807) is 0 Å². The predicted octanol–water partition coefficient (Wildman–Crippen LogP) is 10.4. The van der Waals surface area contributed by atoms with Crippen molar-refractivity contribution in [2.24, 2.45) is 15.1 Å². The molecule has 0 aliphatic rings. The molecule has 0 spiro atoms. The topological polar surface area (TPSA) is 46.3 Å². The molecule has 0 atom stereocenters. The van der Waals surface area contributed by atoms with E-state index in [1.165, 1.54) is 22.3 Å². The summed E-state index contributed by atoms with van der Waals surface area (Å²) in [6, 6.07) is 22.9. The van der Waals surface area contributed by atoms with Crippen molar-refractivity contribution in [1.82, 2.24) is 0 Å². The van der Waals surface area contributed by atoms with Gasteiger partial charge in [0.05, 0.1) is 22.8 Å². The van der Waals surface area contributed by atoms with E-state index < -0.39 is 0 Å². The van der Waals surface area contributed by atoms with E-state index in [9.17, 15) is 0 Å². The van der Waals surface area contributed by atoms with Gasteiger partial charge in [0.2, 0.25) is 0 Å². The number of para-hydroxylation sites is 2. The first kappa shape index (κ1) is 30.0. The fraction of sp³-hybridized carbons (Fsp3) is 0.400. The summed E-state index contributed by atoms with van der Waals surface area (Å²) < 4.78 is 0. The average molecular weight is 524 g/mol. The minimum Gasteiger partial charge on any atom is -0.336 e. The van der Waals surface area contributed by atoms with Crippen LogP contribution in [0.2, 0.25) is 0 Å². The Kier molecular flexibility index (Phi) is 10.4. The van der Waals surface area contributed by atoms with Crippen LogP contribution in [0.25, 0.3) is 0 Å². The third-order valence-corrected chi connectivity index (χ3v) is 6.99. The van der Waals surface area contributed by atoms with Crippen molar-refractivity contribution in [3.63, 3.8) is 0 Å². The maximum Gasteiger partial charge on any atom is 0.256 e. The quantitative estimate of drug-likeness (QED) is 0.156. The molecule has 3 rings (SSSR count). The lowest BCUT2D eigenvalue weighted by Gasteiger charge is -2.17. The number of aliphatic imine (C=N–C) groups is 2. The van der Waals surface area contributed by atoms with E-state index in [2.05, 4.69) is 96.9 Å². The molecule has 0 aliphatic heterocycles. The fourth-order valence-electron chi connectivity index (χ4n) is 4.53. The van der Waals surface area contributed by atoms with E-state index >= 15 is 0 Å². The molecule has 3 aromatic rings. The van der Waals surface area contributed by atoms with Crippen LogP contribution >= 0.6 is 0 Å². The van der Waals surface area contributed by atoms with Gasteiger partial charge >= 0.3 is 0 Å². The van der Waals surface area contributed by atoms with Gasteiger partial charge < -0.3 is 4.84 Å². The van der Waals surface area contributed by atoms with Crippen molar-refractivity contribution < 1.29 is 4.84 Å². The van der Waals surface area contributed by atoms with Crippen LogP contribution in [0.5, 0.6) is 0 Å². The lowest BCUT2D eigenvalue weighted by Crippen LogP contribution is -2.11. The normalized spacial score (nSPS) is 13.2. The molecular formula is C35H45N3O. The summed E-state index contributed by atoms with van der Waals surface area (Å²) in [7, 11) is 0. The minimum absolute atomic E-state index is 0.329. The largest absolute Gasteiger partial charge is 0.336 e. The highest BCUT2D eigenvalue weighted by Crippen LogP contribution is 2.36. The van der Waals surface area contributed by atoms with Crippen molar-refractivity contribution in [1.29, 1.82) is 0 Å². The van der Waals surface area contributed by atoms with Crippen molar-refractivity contribution >= 4 is 28.7 Å². The van der Waals surface area contributed by atoms with Crippen LogP contribution in [0.15, 0.2) is 81.9 Å². The van der Waals surface area contributed by atoms with Gasteiger partial charge in [-0.3, -0.25) is 4.99 Å². The minimum atomic E-state index is 0.329. The Morgan fingerprint density at radius 1 is 0.513 bits per heavy atom. The maximum atomic E-state index is 6.13.